The predicted molar refractivity (Wildman–Crippen MR) is 84.0 cm³/mol. The van der Waals surface area contributed by atoms with Crippen LogP contribution in [0.15, 0.2) is 28.7 Å². The first kappa shape index (κ1) is 15.8. The van der Waals surface area contributed by atoms with Gasteiger partial charge in [0.25, 0.3) is 0 Å². The van der Waals surface area contributed by atoms with Crippen LogP contribution < -0.4 is 5.32 Å². The zero-order chi connectivity index (χ0) is 15.0. The SMILES string of the molecule is C=C(C)C1=C(/N=C(\C)C(C)(C)C)N(C(C)(C)C)CN1. The number of nitrogens with one attached hydrogen (secondary N) is 1. The molecule has 0 bridgehead atoms. The van der Waals surface area contributed by atoms with Gasteiger partial charge in [-0.25, -0.2) is 4.99 Å². The van der Waals surface area contributed by atoms with E-state index >= 15 is 0 Å². The Morgan fingerprint density at radius 1 is 1.16 bits per heavy atom. The van der Waals surface area contributed by atoms with Gasteiger partial charge in [0, 0.05) is 16.7 Å². The van der Waals surface area contributed by atoms with E-state index in [1.54, 1.807) is 0 Å². The molecule has 108 valence electrons. The van der Waals surface area contributed by atoms with Crippen LogP contribution in [-0.4, -0.2) is 22.8 Å². The molecular formula is C16H29N3. The predicted octanol–water partition coefficient (Wildman–Crippen LogP) is 3.90. The molecule has 1 rings (SSSR count). The highest BCUT2D eigenvalue weighted by Crippen LogP contribution is 2.30. The lowest BCUT2D eigenvalue weighted by Gasteiger charge is -2.34. The Hall–Kier alpha value is -1.25. The molecule has 0 radical (unpaired) electrons. The van der Waals surface area contributed by atoms with E-state index < -0.39 is 0 Å². The van der Waals surface area contributed by atoms with Crippen molar-refractivity contribution in [1.29, 1.82) is 0 Å². The van der Waals surface area contributed by atoms with Crippen molar-refractivity contribution in [3.63, 3.8) is 0 Å². The first-order valence-corrected chi connectivity index (χ1v) is 6.92. The van der Waals surface area contributed by atoms with Crippen LogP contribution in [0.4, 0.5) is 0 Å². The highest BCUT2D eigenvalue weighted by Gasteiger charge is 2.31. The summed E-state index contributed by atoms with van der Waals surface area (Å²) < 4.78 is 0. The third-order valence-electron chi connectivity index (χ3n) is 3.49. The largest absolute Gasteiger partial charge is 0.364 e. The molecule has 0 saturated heterocycles. The van der Waals surface area contributed by atoms with Gasteiger partial charge in [-0.2, -0.15) is 0 Å². The number of hydrogen-bond acceptors (Lipinski definition) is 3. The summed E-state index contributed by atoms with van der Waals surface area (Å²) >= 11 is 0. The molecule has 1 aliphatic heterocycles. The topological polar surface area (TPSA) is 27.6 Å². The van der Waals surface area contributed by atoms with Crippen LogP contribution in [0, 0.1) is 5.41 Å². The number of hydrogen-bond donors (Lipinski definition) is 1. The van der Waals surface area contributed by atoms with E-state index in [4.69, 9.17) is 4.99 Å². The summed E-state index contributed by atoms with van der Waals surface area (Å²) in [5.41, 5.74) is 3.37. The molecule has 0 spiro atoms. The monoisotopic (exact) mass is 263 g/mol. The molecule has 0 amide bonds. The fraction of sp³-hybridized carbons (Fsp3) is 0.688. The van der Waals surface area contributed by atoms with Gasteiger partial charge in [0.2, 0.25) is 0 Å². The standard InChI is InChI=1S/C16H29N3/c1-11(2)13-14(18-12(3)15(4,5)6)19(10-17-13)16(7,8)9/h17H,1,10H2,2-9H3/b18-12+. The molecule has 0 saturated carbocycles. The van der Waals surface area contributed by atoms with Crippen LogP contribution in [0.1, 0.15) is 55.4 Å². The van der Waals surface area contributed by atoms with Gasteiger partial charge in [0.15, 0.2) is 5.82 Å². The molecule has 19 heavy (non-hydrogen) atoms. The van der Waals surface area contributed by atoms with E-state index in [2.05, 4.69) is 65.3 Å². The highest BCUT2D eigenvalue weighted by atomic mass is 15.4. The molecule has 1 heterocycles. The molecule has 1 aliphatic rings. The van der Waals surface area contributed by atoms with E-state index in [-0.39, 0.29) is 11.0 Å². The lowest BCUT2D eigenvalue weighted by molar-refractivity contribution is 0.195. The van der Waals surface area contributed by atoms with Crippen LogP contribution in [0.5, 0.6) is 0 Å². The Morgan fingerprint density at radius 2 is 1.68 bits per heavy atom. The van der Waals surface area contributed by atoms with Crippen LogP contribution in [0.25, 0.3) is 0 Å². The molecule has 0 aromatic carbocycles. The molecular weight excluding hydrogens is 234 g/mol. The normalized spacial score (nSPS) is 17.9. The molecule has 3 heteroatoms. The summed E-state index contributed by atoms with van der Waals surface area (Å²) in [5, 5.41) is 3.42. The van der Waals surface area contributed by atoms with E-state index in [9.17, 15) is 0 Å². The fourth-order valence-electron chi connectivity index (χ4n) is 1.79. The minimum Gasteiger partial charge on any atom is -0.364 e. The summed E-state index contributed by atoms with van der Waals surface area (Å²) in [6.07, 6.45) is 0. The van der Waals surface area contributed by atoms with E-state index in [0.717, 1.165) is 29.5 Å². The minimum atomic E-state index is 0.0429. The summed E-state index contributed by atoms with van der Waals surface area (Å²) in [5.74, 6) is 1.02. The second-order valence-electron chi connectivity index (χ2n) is 7.36. The van der Waals surface area contributed by atoms with Gasteiger partial charge in [-0.1, -0.05) is 27.4 Å². The lowest BCUT2D eigenvalue weighted by atomic mass is 9.91. The summed E-state index contributed by atoms with van der Waals surface area (Å²) in [7, 11) is 0. The van der Waals surface area contributed by atoms with Gasteiger partial charge in [-0.3, -0.25) is 0 Å². The molecule has 0 unspecified atom stereocenters. The first-order chi connectivity index (χ1) is 8.44. The zero-order valence-corrected chi connectivity index (χ0v) is 13.8. The summed E-state index contributed by atoms with van der Waals surface area (Å²) in [6.45, 7) is 22.2. The van der Waals surface area contributed by atoms with Crippen molar-refractivity contribution in [2.24, 2.45) is 10.4 Å². The average molecular weight is 263 g/mol. The summed E-state index contributed by atoms with van der Waals surface area (Å²) in [4.78, 5) is 7.19. The maximum Gasteiger partial charge on any atom is 0.154 e. The van der Waals surface area contributed by atoms with Crippen molar-refractivity contribution >= 4 is 5.71 Å². The van der Waals surface area contributed by atoms with Crippen LogP contribution in [0.2, 0.25) is 0 Å². The van der Waals surface area contributed by atoms with Gasteiger partial charge in [0.1, 0.15) is 0 Å². The van der Waals surface area contributed by atoms with Gasteiger partial charge in [-0.15, -0.1) is 0 Å². The lowest BCUT2D eigenvalue weighted by Crippen LogP contribution is -2.40. The third kappa shape index (κ3) is 3.62. The number of rotatable bonds is 2. The Kier molecular flexibility index (Phi) is 4.18. The van der Waals surface area contributed by atoms with Crippen LogP contribution in [0.3, 0.4) is 0 Å². The summed E-state index contributed by atoms with van der Waals surface area (Å²) in [6, 6.07) is 0. The van der Waals surface area contributed by atoms with Gasteiger partial charge >= 0.3 is 0 Å². The zero-order valence-electron chi connectivity index (χ0n) is 13.8. The minimum absolute atomic E-state index is 0.0429. The van der Waals surface area contributed by atoms with Crippen molar-refractivity contribution in [3.05, 3.63) is 23.7 Å². The maximum absolute atomic E-state index is 4.90. The average Bonchev–Trinajstić information content (AvgIpc) is 2.59. The molecule has 1 N–H and O–H groups in total. The first-order valence-electron chi connectivity index (χ1n) is 6.92. The molecule has 0 fully saturated rings. The molecule has 0 aromatic rings. The Morgan fingerprint density at radius 3 is 2.05 bits per heavy atom. The van der Waals surface area contributed by atoms with Crippen molar-refractivity contribution in [2.45, 2.75) is 60.9 Å². The van der Waals surface area contributed by atoms with Gasteiger partial charge in [-0.05, 0) is 40.2 Å². The number of allylic oxidation sites excluding steroid dienone is 1. The molecule has 0 atom stereocenters. The smallest absolute Gasteiger partial charge is 0.154 e. The maximum atomic E-state index is 4.90. The van der Waals surface area contributed by atoms with Crippen molar-refractivity contribution < 1.29 is 0 Å². The Labute approximate surface area is 118 Å². The quantitative estimate of drug-likeness (QED) is 0.765. The van der Waals surface area contributed by atoms with E-state index in [1.807, 2.05) is 6.92 Å². The van der Waals surface area contributed by atoms with Gasteiger partial charge in [0.05, 0.1) is 12.4 Å². The second kappa shape index (κ2) is 5.03. The van der Waals surface area contributed by atoms with Gasteiger partial charge < -0.3 is 10.2 Å². The van der Waals surface area contributed by atoms with Crippen LogP contribution in [-0.2, 0) is 0 Å². The molecule has 0 aliphatic carbocycles. The van der Waals surface area contributed by atoms with Crippen molar-refractivity contribution in [1.82, 2.24) is 10.2 Å². The van der Waals surface area contributed by atoms with Crippen molar-refractivity contribution in [3.8, 4) is 0 Å². The Bertz CT molecular complexity index is 428. The number of nitrogens with zero attached hydrogens (tertiary/aromatic N) is 2. The second-order valence-corrected chi connectivity index (χ2v) is 7.36. The molecule has 0 aromatic heterocycles. The Balaban J connectivity index is 3.29. The van der Waals surface area contributed by atoms with Crippen molar-refractivity contribution in [2.75, 3.05) is 6.67 Å². The highest BCUT2D eigenvalue weighted by molar-refractivity contribution is 5.87. The van der Waals surface area contributed by atoms with E-state index in [0.29, 0.717) is 0 Å². The van der Waals surface area contributed by atoms with E-state index in [1.165, 1.54) is 0 Å². The molecule has 3 nitrogen and oxygen atoms in total. The van der Waals surface area contributed by atoms with Crippen LogP contribution >= 0.6 is 0 Å². The third-order valence-corrected chi connectivity index (χ3v) is 3.49. The number of aliphatic imine (C=N–C) groups is 1. The fourth-order valence-corrected chi connectivity index (χ4v) is 1.79.